The average Bonchev–Trinajstić information content (AvgIpc) is 3.26. The third-order valence-electron chi connectivity index (χ3n) is 5.31. The fourth-order valence-corrected chi connectivity index (χ4v) is 3.74. The minimum Gasteiger partial charge on any atom is -0.349 e. The van der Waals surface area contributed by atoms with Gasteiger partial charge in [0.05, 0.1) is 11.0 Å². The number of nitrogens with one attached hydrogen (secondary N) is 2. The zero-order valence-electron chi connectivity index (χ0n) is 13.4. The third-order valence-corrected chi connectivity index (χ3v) is 5.31. The maximum absolute atomic E-state index is 12.6. The molecule has 1 spiro atoms. The predicted molar refractivity (Wildman–Crippen MR) is 86.9 cm³/mol. The first-order valence-electron chi connectivity index (χ1n) is 8.31. The van der Waals surface area contributed by atoms with Crippen molar-refractivity contribution in [3.05, 3.63) is 39.9 Å². The van der Waals surface area contributed by atoms with Gasteiger partial charge in [-0.1, -0.05) is 19.1 Å². The molecule has 1 aliphatic carbocycles. The second kappa shape index (κ2) is 6.28. The summed E-state index contributed by atoms with van der Waals surface area (Å²) in [6, 6.07) is 6.38. The van der Waals surface area contributed by atoms with Crippen molar-refractivity contribution < 1.29 is 9.72 Å². The van der Waals surface area contributed by atoms with Crippen LogP contribution in [0.4, 0.5) is 5.69 Å². The van der Waals surface area contributed by atoms with E-state index in [1.54, 1.807) is 12.1 Å². The Bertz CT molecular complexity index is 611. The molecule has 1 saturated heterocycles. The lowest BCUT2D eigenvalue weighted by Crippen LogP contribution is -2.35. The lowest BCUT2D eigenvalue weighted by molar-refractivity contribution is -0.384. The highest BCUT2D eigenvalue weighted by atomic mass is 16.6. The van der Waals surface area contributed by atoms with E-state index in [0.717, 1.165) is 37.9 Å². The van der Waals surface area contributed by atoms with E-state index in [9.17, 15) is 14.9 Å². The van der Waals surface area contributed by atoms with Crippen LogP contribution in [0.1, 0.15) is 44.2 Å². The molecule has 2 fully saturated rings. The quantitative estimate of drug-likeness (QED) is 0.645. The molecule has 1 aromatic carbocycles. The minimum atomic E-state index is -0.400. The zero-order chi connectivity index (χ0) is 16.4. The number of hydrogen-bond donors (Lipinski definition) is 2. The van der Waals surface area contributed by atoms with Crippen LogP contribution in [0.15, 0.2) is 24.3 Å². The zero-order valence-corrected chi connectivity index (χ0v) is 13.4. The van der Waals surface area contributed by atoms with Gasteiger partial charge < -0.3 is 10.6 Å². The van der Waals surface area contributed by atoms with Crippen LogP contribution >= 0.6 is 0 Å². The summed E-state index contributed by atoms with van der Waals surface area (Å²) >= 11 is 0. The molecule has 3 rings (SSSR count). The highest BCUT2D eigenvalue weighted by Gasteiger charge is 2.57. The van der Waals surface area contributed by atoms with Gasteiger partial charge in [-0.2, -0.15) is 0 Å². The molecule has 6 nitrogen and oxygen atoms in total. The summed E-state index contributed by atoms with van der Waals surface area (Å²) in [5.41, 5.74) is 1.07. The molecule has 2 atom stereocenters. The Morgan fingerprint density at radius 3 is 2.87 bits per heavy atom. The number of rotatable bonds is 5. The molecular weight excluding hydrogens is 294 g/mol. The van der Waals surface area contributed by atoms with Crippen molar-refractivity contribution in [2.45, 2.75) is 38.6 Å². The third kappa shape index (κ3) is 3.22. The van der Waals surface area contributed by atoms with Gasteiger partial charge in [-0.3, -0.25) is 14.9 Å². The molecule has 0 aromatic heterocycles. The molecule has 23 heavy (non-hydrogen) atoms. The summed E-state index contributed by atoms with van der Waals surface area (Å²) in [5, 5.41) is 17.4. The highest BCUT2D eigenvalue weighted by molar-refractivity contribution is 5.83. The summed E-state index contributed by atoms with van der Waals surface area (Å²) in [7, 11) is 0. The van der Waals surface area contributed by atoms with Crippen LogP contribution in [-0.4, -0.2) is 23.9 Å². The monoisotopic (exact) mass is 317 g/mol. The number of amides is 1. The summed E-state index contributed by atoms with van der Waals surface area (Å²) in [4.78, 5) is 23.1. The van der Waals surface area contributed by atoms with Crippen molar-refractivity contribution in [2.75, 3.05) is 13.1 Å². The highest BCUT2D eigenvalue weighted by Crippen LogP contribution is 2.58. The molecule has 1 saturated carbocycles. The van der Waals surface area contributed by atoms with Crippen molar-refractivity contribution in [1.29, 1.82) is 0 Å². The van der Waals surface area contributed by atoms with E-state index in [4.69, 9.17) is 0 Å². The molecule has 124 valence electrons. The first-order valence-corrected chi connectivity index (χ1v) is 8.31. The van der Waals surface area contributed by atoms with Gasteiger partial charge in [0.15, 0.2) is 0 Å². The lowest BCUT2D eigenvalue weighted by Gasteiger charge is -2.24. The molecule has 2 aliphatic rings. The van der Waals surface area contributed by atoms with E-state index in [2.05, 4.69) is 10.6 Å². The van der Waals surface area contributed by atoms with E-state index >= 15 is 0 Å². The van der Waals surface area contributed by atoms with E-state index in [0.29, 0.717) is 6.42 Å². The summed E-state index contributed by atoms with van der Waals surface area (Å²) < 4.78 is 0. The average molecular weight is 317 g/mol. The van der Waals surface area contributed by atoms with Gasteiger partial charge in [-0.05, 0) is 49.8 Å². The van der Waals surface area contributed by atoms with Crippen LogP contribution in [0.5, 0.6) is 0 Å². The van der Waals surface area contributed by atoms with E-state index < -0.39 is 4.92 Å². The van der Waals surface area contributed by atoms with Crippen LogP contribution in [0.2, 0.25) is 0 Å². The Hall–Kier alpha value is -1.95. The lowest BCUT2D eigenvalue weighted by atomic mass is 9.91. The van der Waals surface area contributed by atoms with Crippen LogP contribution in [0.25, 0.3) is 0 Å². The number of piperidine rings is 1. The van der Waals surface area contributed by atoms with Crippen molar-refractivity contribution in [2.24, 2.45) is 11.3 Å². The minimum absolute atomic E-state index is 0.0662. The van der Waals surface area contributed by atoms with Crippen molar-refractivity contribution in [1.82, 2.24) is 10.6 Å². The van der Waals surface area contributed by atoms with Crippen LogP contribution < -0.4 is 10.6 Å². The molecule has 1 heterocycles. The normalized spacial score (nSPS) is 23.3. The number of nitro groups is 1. The van der Waals surface area contributed by atoms with E-state index in [-0.39, 0.29) is 29.0 Å². The van der Waals surface area contributed by atoms with Gasteiger partial charge in [0.2, 0.25) is 5.91 Å². The van der Waals surface area contributed by atoms with Crippen LogP contribution in [0.3, 0.4) is 0 Å². The first-order chi connectivity index (χ1) is 11.1. The second-order valence-corrected chi connectivity index (χ2v) is 6.69. The van der Waals surface area contributed by atoms with E-state index in [1.165, 1.54) is 6.07 Å². The number of nitro benzene ring substituents is 1. The first kappa shape index (κ1) is 15.9. The van der Waals surface area contributed by atoms with Gasteiger partial charge in [-0.15, -0.1) is 0 Å². The second-order valence-electron chi connectivity index (χ2n) is 6.69. The Morgan fingerprint density at radius 2 is 2.22 bits per heavy atom. The molecule has 2 unspecified atom stereocenters. The summed E-state index contributed by atoms with van der Waals surface area (Å²) in [6.45, 7) is 3.97. The van der Waals surface area contributed by atoms with Gasteiger partial charge in [0.25, 0.3) is 5.69 Å². The van der Waals surface area contributed by atoms with Gasteiger partial charge in [0.1, 0.15) is 0 Å². The molecule has 0 radical (unpaired) electrons. The number of non-ortho nitro benzene ring substituents is 1. The number of nitrogens with zero attached hydrogens (tertiary/aromatic N) is 1. The standard InChI is InChI=1S/C17H23N3O3/c1-2-15(12-4-3-5-13(10-12)20(22)23)19-16(21)14-11-17(14)6-8-18-9-7-17/h3-5,10,14-15,18H,2,6-9,11H2,1H3,(H,19,21). The van der Waals surface area contributed by atoms with Crippen molar-refractivity contribution >= 4 is 11.6 Å². The Kier molecular flexibility index (Phi) is 4.35. The molecule has 6 heteroatoms. The maximum atomic E-state index is 12.6. The largest absolute Gasteiger partial charge is 0.349 e. The molecule has 2 N–H and O–H groups in total. The Labute approximate surface area is 135 Å². The van der Waals surface area contributed by atoms with Gasteiger partial charge >= 0.3 is 0 Å². The number of hydrogen-bond acceptors (Lipinski definition) is 4. The van der Waals surface area contributed by atoms with Gasteiger partial charge in [-0.25, -0.2) is 0 Å². The fraction of sp³-hybridized carbons (Fsp3) is 0.588. The van der Waals surface area contributed by atoms with Crippen molar-refractivity contribution in [3.8, 4) is 0 Å². The summed E-state index contributed by atoms with van der Waals surface area (Å²) in [5.74, 6) is 0.211. The number of benzene rings is 1. The molecular formula is C17H23N3O3. The topological polar surface area (TPSA) is 84.3 Å². The maximum Gasteiger partial charge on any atom is 0.269 e. The van der Waals surface area contributed by atoms with Crippen LogP contribution in [-0.2, 0) is 4.79 Å². The molecule has 0 bridgehead atoms. The van der Waals surface area contributed by atoms with Crippen molar-refractivity contribution in [3.63, 3.8) is 0 Å². The molecule has 1 aromatic rings. The number of carbonyl (C=O) groups is 1. The Morgan fingerprint density at radius 1 is 1.48 bits per heavy atom. The predicted octanol–water partition coefficient (Wildman–Crippen LogP) is 2.55. The van der Waals surface area contributed by atoms with Crippen LogP contribution in [0, 0.1) is 21.4 Å². The smallest absolute Gasteiger partial charge is 0.269 e. The van der Waals surface area contributed by atoms with E-state index in [1.807, 2.05) is 13.0 Å². The SMILES string of the molecule is CCC(NC(=O)C1CC12CCNCC2)c1cccc([N+](=O)[O-])c1. The summed E-state index contributed by atoms with van der Waals surface area (Å²) in [6.07, 6.45) is 3.83. The molecule has 1 aliphatic heterocycles. The fourth-order valence-electron chi connectivity index (χ4n) is 3.74. The molecule has 1 amide bonds. The van der Waals surface area contributed by atoms with Gasteiger partial charge in [0, 0.05) is 18.1 Å². The number of carbonyl (C=O) groups excluding carboxylic acids is 1. The Balaban J connectivity index is 1.67.